The molecule has 3 heterocycles. The van der Waals surface area contributed by atoms with Gasteiger partial charge < -0.3 is 4.90 Å². The van der Waals surface area contributed by atoms with Crippen molar-refractivity contribution < 1.29 is 9.59 Å². The molecule has 0 unspecified atom stereocenters. The van der Waals surface area contributed by atoms with Crippen molar-refractivity contribution in [1.82, 2.24) is 9.97 Å². The van der Waals surface area contributed by atoms with Gasteiger partial charge in [-0.1, -0.05) is 25.3 Å². The topological polar surface area (TPSA) is 75.2 Å². The number of fused-ring (bicyclic) bond motifs is 1. The van der Waals surface area contributed by atoms with Crippen molar-refractivity contribution >= 4 is 34.0 Å². The van der Waals surface area contributed by atoms with Crippen molar-refractivity contribution in [3.05, 3.63) is 58.7 Å². The van der Waals surface area contributed by atoms with Crippen LogP contribution in [-0.2, 0) is 11.2 Å². The molecular formula is C25H26N4O2S. The fourth-order valence-corrected chi connectivity index (χ4v) is 5.57. The van der Waals surface area contributed by atoms with Gasteiger partial charge in [0.25, 0.3) is 5.91 Å². The van der Waals surface area contributed by atoms with Gasteiger partial charge in [0.2, 0.25) is 5.91 Å². The van der Waals surface area contributed by atoms with Crippen molar-refractivity contribution in [2.24, 2.45) is 5.92 Å². The Bertz CT molecular complexity index is 1150. The molecule has 0 saturated heterocycles. The predicted octanol–water partition coefficient (Wildman–Crippen LogP) is 5.24. The molecule has 1 aliphatic carbocycles. The number of nitrogens with one attached hydrogen (secondary N) is 1. The minimum Gasteiger partial charge on any atom is -0.312 e. The number of aromatic nitrogens is 2. The van der Waals surface area contributed by atoms with Gasteiger partial charge in [-0.2, -0.15) is 0 Å². The molecule has 2 aromatic heterocycles. The van der Waals surface area contributed by atoms with Gasteiger partial charge in [0.1, 0.15) is 0 Å². The molecule has 1 aromatic carbocycles. The van der Waals surface area contributed by atoms with Crippen LogP contribution < -0.4 is 10.2 Å². The monoisotopic (exact) mass is 446 g/mol. The number of hydrogen-bond acceptors (Lipinski definition) is 5. The summed E-state index contributed by atoms with van der Waals surface area (Å²) in [5.74, 6) is 0.280. The van der Waals surface area contributed by atoms with Crippen molar-refractivity contribution in [3.63, 3.8) is 0 Å². The second-order valence-electron chi connectivity index (χ2n) is 8.53. The van der Waals surface area contributed by atoms with E-state index < -0.39 is 0 Å². The number of benzene rings is 1. The molecule has 1 fully saturated rings. The molecule has 1 N–H and O–H groups in total. The second-order valence-corrected chi connectivity index (χ2v) is 9.74. The standard InChI is InChI=1S/C25H26N4O2S/c1-16-22(27-25(32-16)28-23(30)17-9-12-26-13-10-17)20-7-8-21-19(15-20)11-14-29(21)24(31)18-5-3-2-4-6-18/h7-10,12-13,15,18H,2-6,11,14H2,1H3,(H,27,28,30). The lowest BCUT2D eigenvalue weighted by Crippen LogP contribution is -2.35. The van der Waals surface area contributed by atoms with E-state index in [2.05, 4.69) is 27.4 Å². The molecule has 0 spiro atoms. The number of thiazole rings is 1. The van der Waals surface area contributed by atoms with E-state index in [9.17, 15) is 9.59 Å². The average molecular weight is 447 g/mol. The Kier molecular flexibility index (Phi) is 5.74. The van der Waals surface area contributed by atoms with Gasteiger partial charge in [0.05, 0.1) is 5.69 Å². The maximum absolute atomic E-state index is 13.1. The summed E-state index contributed by atoms with van der Waals surface area (Å²) < 4.78 is 0. The van der Waals surface area contributed by atoms with Crippen LogP contribution in [0.15, 0.2) is 42.7 Å². The number of rotatable bonds is 4. The number of anilines is 2. The first kappa shape index (κ1) is 20.8. The molecule has 3 aromatic rings. The molecule has 2 aliphatic rings. The van der Waals surface area contributed by atoms with Crippen molar-refractivity contribution in [2.45, 2.75) is 45.4 Å². The van der Waals surface area contributed by atoms with E-state index in [0.717, 1.165) is 47.6 Å². The van der Waals surface area contributed by atoms with Crippen LogP contribution in [0.5, 0.6) is 0 Å². The Hall–Kier alpha value is -3.06. The molecule has 0 atom stereocenters. The minimum atomic E-state index is -0.196. The van der Waals surface area contributed by atoms with Crippen LogP contribution in [0.25, 0.3) is 11.3 Å². The van der Waals surface area contributed by atoms with Crippen LogP contribution in [0.3, 0.4) is 0 Å². The highest BCUT2D eigenvalue weighted by molar-refractivity contribution is 7.16. The lowest BCUT2D eigenvalue weighted by molar-refractivity contribution is -0.123. The molecular weight excluding hydrogens is 420 g/mol. The minimum absolute atomic E-state index is 0.182. The molecule has 0 bridgehead atoms. The number of pyridine rings is 1. The highest BCUT2D eigenvalue weighted by atomic mass is 32.1. The Balaban J connectivity index is 1.34. The van der Waals surface area contributed by atoms with Crippen LogP contribution in [0, 0.1) is 12.8 Å². The summed E-state index contributed by atoms with van der Waals surface area (Å²) in [4.78, 5) is 37.2. The first-order valence-corrected chi connectivity index (χ1v) is 12.1. The smallest absolute Gasteiger partial charge is 0.257 e. The van der Waals surface area contributed by atoms with Gasteiger partial charge in [-0.25, -0.2) is 4.98 Å². The molecule has 6 nitrogen and oxygen atoms in total. The number of nitrogens with zero attached hydrogens (tertiary/aromatic N) is 3. The van der Waals surface area contributed by atoms with Crippen molar-refractivity contribution in [2.75, 3.05) is 16.8 Å². The fraction of sp³-hybridized carbons (Fsp3) is 0.360. The Morgan fingerprint density at radius 3 is 2.66 bits per heavy atom. The Morgan fingerprint density at radius 1 is 1.09 bits per heavy atom. The van der Waals surface area contributed by atoms with E-state index in [1.165, 1.54) is 36.2 Å². The highest BCUT2D eigenvalue weighted by Gasteiger charge is 2.31. The number of carbonyl (C=O) groups is 2. The predicted molar refractivity (Wildman–Crippen MR) is 127 cm³/mol. The summed E-state index contributed by atoms with van der Waals surface area (Å²) in [6.45, 7) is 2.78. The van der Waals surface area contributed by atoms with Gasteiger partial charge in [-0.15, -0.1) is 11.3 Å². The van der Waals surface area contributed by atoms with E-state index >= 15 is 0 Å². The zero-order chi connectivity index (χ0) is 22.1. The zero-order valence-corrected chi connectivity index (χ0v) is 19.0. The van der Waals surface area contributed by atoms with Gasteiger partial charge in [0.15, 0.2) is 5.13 Å². The molecule has 0 radical (unpaired) electrons. The number of hydrogen-bond donors (Lipinski definition) is 1. The third-order valence-electron chi connectivity index (χ3n) is 6.43. The van der Waals surface area contributed by atoms with Crippen LogP contribution in [0.1, 0.15) is 52.9 Å². The molecule has 2 amide bonds. The summed E-state index contributed by atoms with van der Waals surface area (Å²) in [7, 11) is 0. The van der Waals surface area contributed by atoms with Gasteiger partial charge in [0, 0.05) is 46.5 Å². The van der Waals surface area contributed by atoms with E-state index in [4.69, 9.17) is 0 Å². The first-order chi connectivity index (χ1) is 15.6. The molecule has 5 rings (SSSR count). The summed E-state index contributed by atoms with van der Waals surface area (Å²) in [6.07, 6.45) is 9.70. The lowest BCUT2D eigenvalue weighted by atomic mass is 9.88. The molecule has 32 heavy (non-hydrogen) atoms. The normalized spacial score (nSPS) is 16.1. The maximum Gasteiger partial charge on any atom is 0.257 e. The largest absolute Gasteiger partial charge is 0.312 e. The van der Waals surface area contributed by atoms with Crippen LogP contribution in [-0.4, -0.2) is 28.3 Å². The number of carbonyl (C=O) groups excluding carboxylic acids is 2. The molecule has 164 valence electrons. The van der Waals surface area contributed by atoms with Gasteiger partial charge >= 0.3 is 0 Å². The van der Waals surface area contributed by atoms with E-state index in [1.54, 1.807) is 24.5 Å². The summed E-state index contributed by atoms with van der Waals surface area (Å²) in [5.41, 5.74) is 4.69. The number of aryl methyl sites for hydroxylation is 1. The Morgan fingerprint density at radius 2 is 1.88 bits per heavy atom. The van der Waals surface area contributed by atoms with Crippen molar-refractivity contribution in [3.8, 4) is 11.3 Å². The summed E-state index contributed by atoms with van der Waals surface area (Å²) in [5, 5.41) is 3.47. The second kappa shape index (κ2) is 8.82. The lowest BCUT2D eigenvalue weighted by Gasteiger charge is -2.26. The zero-order valence-electron chi connectivity index (χ0n) is 18.1. The van der Waals surface area contributed by atoms with E-state index in [-0.39, 0.29) is 11.8 Å². The molecule has 1 aliphatic heterocycles. The molecule has 7 heteroatoms. The van der Waals surface area contributed by atoms with Gasteiger partial charge in [-0.05, 0) is 56.0 Å². The maximum atomic E-state index is 13.1. The third kappa shape index (κ3) is 4.05. The first-order valence-electron chi connectivity index (χ1n) is 11.2. The SMILES string of the molecule is Cc1sc(NC(=O)c2ccncc2)nc1-c1ccc2c(c1)CCN2C(=O)C1CCCCC1. The fourth-order valence-electron chi connectivity index (χ4n) is 4.74. The van der Waals surface area contributed by atoms with Crippen molar-refractivity contribution in [1.29, 1.82) is 0 Å². The average Bonchev–Trinajstić information content (AvgIpc) is 3.42. The summed E-state index contributed by atoms with van der Waals surface area (Å²) >= 11 is 1.47. The van der Waals surface area contributed by atoms with Crippen LogP contribution >= 0.6 is 11.3 Å². The molecule has 1 saturated carbocycles. The van der Waals surface area contributed by atoms with Crippen LogP contribution in [0.2, 0.25) is 0 Å². The van der Waals surface area contributed by atoms with E-state index in [0.29, 0.717) is 16.6 Å². The van der Waals surface area contributed by atoms with Crippen LogP contribution in [0.4, 0.5) is 10.8 Å². The quantitative estimate of drug-likeness (QED) is 0.595. The van der Waals surface area contributed by atoms with E-state index in [1.807, 2.05) is 17.9 Å². The van der Waals surface area contributed by atoms with Gasteiger partial charge in [-0.3, -0.25) is 19.9 Å². The highest BCUT2D eigenvalue weighted by Crippen LogP contribution is 2.37. The Labute approximate surface area is 191 Å². The third-order valence-corrected chi connectivity index (χ3v) is 7.31. The number of amides is 2. The summed E-state index contributed by atoms with van der Waals surface area (Å²) in [6, 6.07) is 9.61.